The van der Waals surface area contributed by atoms with Crippen LogP contribution in [0.5, 0.6) is 0 Å². The van der Waals surface area contributed by atoms with Crippen LogP contribution in [0.25, 0.3) is 0 Å². The molecule has 0 radical (unpaired) electrons. The molecule has 0 N–H and O–H groups in total. The summed E-state index contributed by atoms with van der Waals surface area (Å²) in [5.74, 6) is 1.80. The van der Waals surface area contributed by atoms with Gasteiger partial charge in [-0.2, -0.15) is 11.8 Å². The van der Waals surface area contributed by atoms with Crippen molar-refractivity contribution in [3.8, 4) is 0 Å². The Morgan fingerprint density at radius 3 is 1.37 bits per heavy atom. The van der Waals surface area contributed by atoms with E-state index < -0.39 is 10.8 Å². The number of unbranched alkanes of at least 4 members (excludes halogenated alkanes) is 15. The minimum atomic E-state index is -0.521. The standard InChI is InChI=1S/C31H60O4S.C10H14.6CH4/c1-7-9-10-11-12-13-14-15-16-17-18-19-20-21-22-23-24-34-29(33)31(5,6)27-36-26-25-35-28(32)30(3,4)8-2;1-3-9(2)10-7-5-4-6-8-10;;;;;;/h7-27H2,1-6H3;4-9H,3H2,1-2H3;6*1H4. The van der Waals surface area contributed by atoms with E-state index in [2.05, 4.69) is 51.1 Å². The highest BCUT2D eigenvalue weighted by molar-refractivity contribution is 7.99. The quantitative estimate of drug-likeness (QED) is 0.0660. The molecule has 5 heteroatoms. The molecular formula is C47H98O4S. The van der Waals surface area contributed by atoms with Crippen molar-refractivity contribution in [3.63, 3.8) is 0 Å². The van der Waals surface area contributed by atoms with Crippen LogP contribution in [-0.2, 0) is 19.1 Å². The van der Waals surface area contributed by atoms with Gasteiger partial charge in [0.05, 0.1) is 17.4 Å². The highest BCUT2D eigenvalue weighted by Crippen LogP contribution is 2.25. The lowest BCUT2D eigenvalue weighted by Crippen LogP contribution is -2.30. The van der Waals surface area contributed by atoms with E-state index >= 15 is 0 Å². The van der Waals surface area contributed by atoms with Crippen LogP contribution in [0.4, 0.5) is 0 Å². The Labute approximate surface area is 334 Å². The highest BCUT2D eigenvalue weighted by Gasteiger charge is 2.30. The lowest BCUT2D eigenvalue weighted by atomic mass is 9.91. The molecular weight excluding hydrogens is 661 g/mol. The second kappa shape index (κ2) is 42.3. The average Bonchev–Trinajstić information content (AvgIpc) is 3.05. The van der Waals surface area contributed by atoms with Crippen LogP contribution in [0.1, 0.15) is 227 Å². The monoisotopic (exact) mass is 759 g/mol. The van der Waals surface area contributed by atoms with Crippen molar-refractivity contribution in [1.82, 2.24) is 0 Å². The molecule has 1 unspecified atom stereocenters. The second-order valence-corrected chi connectivity index (χ2v) is 15.6. The molecule has 0 aliphatic rings. The van der Waals surface area contributed by atoms with Gasteiger partial charge in [-0.05, 0) is 58.4 Å². The van der Waals surface area contributed by atoms with Crippen LogP contribution in [0.3, 0.4) is 0 Å². The summed E-state index contributed by atoms with van der Waals surface area (Å²) >= 11 is 1.64. The lowest BCUT2D eigenvalue weighted by molar-refractivity contribution is -0.154. The first-order chi connectivity index (χ1) is 22.0. The van der Waals surface area contributed by atoms with Crippen molar-refractivity contribution < 1.29 is 19.1 Å². The molecule has 316 valence electrons. The average molecular weight is 759 g/mol. The molecule has 0 aliphatic carbocycles. The number of benzene rings is 1. The van der Waals surface area contributed by atoms with E-state index in [0.29, 0.717) is 30.6 Å². The minimum absolute atomic E-state index is 0. The fourth-order valence-corrected chi connectivity index (χ4v) is 5.92. The third kappa shape index (κ3) is 35.5. The molecule has 0 saturated carbocycles. The summed E-state index contributed by atoms with van der Waals surface area (Å²) in [4.78, 5) is 24.4. The molecule has 0 saturated heterocycles. The predicted molar refractivity (Wildman–Crippen MR) is 242 cm³/mol. The Morgan fingerprint density at radius 2 is 0.962 bits per heavy atom. The molecule has 1 aromatic rings. The maximum absolute atomic E-state index is 12.4. The van der Waals surface area contributed by atoms with Crippen LogP contribution >= 0.6 is 11.8 Å². The Kier molecular flexibility index (Phi) is 53.1. The van der Waals surface area contributed by atoms with Crippen LogP contribution < -0.4 is 0 Å². The predicted octanol–water partition coefficient (Wildman–Crippen LogP) is 16.5. The molecule has 0 bridgehead atoms. The van der Waals surface area contributed by atoms with Gasteiger partial charge in [-0.25, -0.2) is 0 Å². The van der Waals surface area contributed by atoms with Crippen LogP contribution in [0, 0.1) is 10.8 Å². The summed E-state index contributed by atoms with van der Waals surface area (Å²) in [5, 5.41) is 0. The van der Waals surface area contributed by atoms with Crippen LogP contribution in [0.15, 0.2) is 30.3 Å². The van der Waals surface area contributed by atoms with Crippen molar-refractivity contribution in [3.05, 3.63) is 35.9 Å². The molecule has 1 atom stereocenters. The molecule has 4 nitrogen and oxygen atoms in total. The zero-order chi connectivity index (χ0) is 34.5. The van der Waals surface area contributed by atoms with E-state index in [-0.39, 0.29) is 56.5 Å². The van der Waals surface area contributed by atoms with Crippen molar-refractivity contribution in [2.45, 2.75) is 221 Å². The number of thioether (sulfide) groups is 1. The number of ether oxygens (including phenoxy) is 2. The Hall–Kier alpha value is -1.49. The third-order valence-electron chi connectivity index (χ3n) is 9.12. The van der Waals surface area contributed by atoms with Gasteiger partial charge in [0.1, 0.15) is 6.61 Å². The van der Waals surface area contributed by atoms with E-state index in [1.54, 1.807) is 11.8 Å². The van der Waals surface area contributed by atoms with Gasteiger partial charge in [-0.1, -0.05) is 199 Å². The molecule has 52 heavy (non-hydrogen) atoms. The summed E-state index contributed by atoms with van der Waals surface area (Å²) in [5.41, 5.74) is 0.498. The summed E-state index contributed by atoms with van der Waals surface area (Å²) in [6.07, 6.45) is 23.4. The van der Waals surface area contributed by atoms with E-state index in [4.69, 9.17) is 9.47 Å². The van der Waals surface area contributed by atoms with Gasteiger partial charge in [0, 0.05) is 11.5 Å². The van der Waals surface area contributed by atoms with Crippen molar-refractivity contribution in [2.24, 2.45) is 10.8 Å². The Balaban J connectivity index is -0.000000218. The molecule has 0 aliphatic heterocycles. The fourth-order valence-electron chi connectivity index (χ4n) is 4.95. The molecule has 1 rings (SSSR count). The molecule has 0 heterocycles. The number of carbonyl (C=O) groups excluding carboxylic acids is 2. The zero-order valence-electron chi connectivity index (χ0n) is 31.6. The number of hydrogen-bond acceptors (Lipinski definition) is 5. The largest absolute Gasteiger partial charge is 0.465 e. The Bertz CT molecular complexity index is 852. The van der Waals surface area contributed by atoms with Crippen LogP contribution in [-0.4, -0.2) is 36.7 Å². The summed E-state index contributed by atoms with van der Waals surface area (Å²) in [7, 11) is 0. The smallest absolute Gasteiger partial charge is 0.312 e. The zero-order valence-corrected chi connectivity index (χ0v) is 32.4. The van der Waals surface area contributed by atoms with Gasteiger partial charge in [0.2, 0.25) is 0 Å². The second-order valence-electron chi connectivity index (χ2n) is 14.5. The normalized spacial score (nSPS) is 10.8. The molecule has 0 amide bonds. The van der Waals surface area contributed by atoms with Gasteiger partial charge in [-0.15, -0.1) is 0 Å². The van der Waals surface area contributed by atoms with Crippen molar-refractivity contribution in [2.75, 3.05) is 24.7 Å². The van der Waals surface area contributed by atoms with E-state index in [1.165, 1.54) is 102 Å². The van der Waals surface area contributed by atoms with E-state index in [0.717, 1.165) is 19.3 Å². The molecule has 0 fully saturated rings. The number of hydrogen-bond donors (Lipinski definition) is 0. The minimum Gasteiger partial charge on any atom is -0.465 e. The van der Waals surface area contributed by atoms with E-state index in [1.807, 2.05) is 34.6 Å². The first-order valence-corrected chi connectivity index (χ1v) is 20.1. The Morgan fingerprint density at radius 1 is 0.577 bits per heavy atom. The SMILES string of the molecule is C.C.C.C.C.C.CCC(C)c1ccccc1.CCCCCCCCCCCCCCCCCCOC(=O)C(C)(C)CSCCOC(=O)C(C)(C)CC. The number of carbonyl (C=O) groups is 2. The highest BCUT2D eigenvalue weighted by atomic mass is 32.2. The lowest BCUT2D eigenvalue weighted by Gasteiger charge is -2.23. The van der Waals surface area contributed by atoms with Crippen molar-refractivity contribution >= 4 is 23.7 Å². The topological polar surface area (TPSA) is 52.6 Å². The maximum Gasteiger partial charge on any atom is 0.312 e. The maximum atomic E-state index is 12.4. The molecule has 1 aromatic carbocycles. The van der Waals surface area contributed by atoms with Gasteiger partial charge in [0.25, 0.3) is 0 Å². The van der Waals surface area contributed by atoms with Gasteiger partial charge in [0.15, 0.2) is 0 Å². The first kappa shape index (κ1) is 65.4. The third-order valence-corrected chi connectivity index (χ3v) is 10.5. The van der Waals surface area contributed by atoms with Gasteiger partial charge in [-0.3, -0.25) is 9.59 Å². The van der Waals surface area contributed by atoms with Crippen molar-refractivity contribution in [1.29, 1.82) is 0 Å². The van der Waals surface area contributed by atoms with Gasteiger partial charge < -0.3 is 9.47 Å². The fraction of sp³-hybridized carbons (Fsp3) is 0.830. The summed E-state index contributed by atoms with van der Waals surface area (Å²) < 4.78 is 10.9. The van der Waals surface area contributed by atoms with E-state index in [9.17, 15) is 9.59 Å². The molecule has 0 aromatic heterocycles. The van der Waals surface area contributed by atoms with Crippen LogP contribution in [0.2, 0.25) is 0 Å². The molecule has 0 spiro atoms. The number of esters is 2. The van der Waals surface area contributed by atoms with Gasteiger partial charge >= 0.3 is 11.9 Å². The summed E-state index contributed by atoms with van der Waals surface area (Å²) in [6.45, 7) is 17.3. The first-order valence-electron chi connectivity index (χ1n) is 19.0. The summed E-state index contributed by atoms with van der Waals surface area (Å²) in [6, 6.07) is 10.6. The number of rotatable bonds is 27.